The van der Waals surface area contributed by atoms with Crippen LogP contribution in [0.2, 0.25) is 0 Å². The smallest absolute Gasteiger partial charge is 0.00619 e. The molecule has 3 aromatic rings. The maximum absolute atomic E-state index is 2.34. The zero-order valence-electron chi connectivity index (χ0n) is 12.4. The van der Waals surface area contributed by atoms with E-state index < -0.39 is 0 Å². The fraction of sp³-hybridized carbons (Fsp3) is 0.0909. The number of hydrogen-bond acceptors (Lipinski definition) is 0. The molecule has 0 aromatic heterocycles. The third-order valence-electron chi connectivity index (χ3n) is 4.43. The van der Waals surface area contributed by atoms with Crippen molar-refractivity contribution in [1.82, 2.24) is 0 Å². The molecule has 0 nitrogen and oxygen atoms in total. The second kappa shape index (κ2) is 5.65. The molecule has 0 radical (unpaired) electrons. The molecule has 1 atom stereocenters. The highest BCUT2D eigenvalue weighted by atomic mass is 14.2. The first-order chi connectivity index (χ1) is 10.9. The minimum absolute atomic E-state index is 0.497. The second-order valence-electron chi connectivity index (χ2n) is 5.86. The van der Waals surface area contributed by atoms with Crippen molar-refractivity contribution in [3.8, 4) is 11.1 Å². The Morgan fingerprint density at radius 2 is 1.41 bits per heavy atom. The fourth-order valence-electron chi connectivity index (χ4n) is 3.20. The maximum Gasteiger partial charge on any atom is 0.00619 e. The van der Waals surface area contributed by atoms with Crippen molar-refractivity contribution >= 4 is 6.08 Å². The van der Waals surface area contributed by atoms with Gasteiger partial charge < -0.3 is 0 Å². The lowest BCUT2D eigenvalue weighted by Gasteiger charge is -2.20. The molecule has 0 amide bonds. The average molecular weight is 282 g/mol. The van der Waals surface area contributed by atoms with E-state index in [2.05, 4.69) is 91.0 Å². The van der Waals surface area contributed by atoms with Crippen LogP contribution < -0.4 is 0 Å². The van der Waals surface area contributed by atoms with Gasteiger partial charge in [-0.25, -0.2) is 0 Å². The summed E-state index contributed by atoms with van der Waals surface area (Å²) in [5, 5.41) is 0. The first kappa shape index (κ1) is 13.1. The molecule has 0 N–H and O–H groups in total. The molecule has 3 aromatic carbocycles. The number of fused-ring (bicyclic) bond motifs is 1. The van der Waals surface area contributed by atoms with Crippen molar-refractivity contribution < 1.29 is 0 Å². The molecule has 0 spiro atoms. The lowest BCUT2D eigenvalue weighted by atomic mass is 9.84. The van der Waals surface area contributed by atoms with Crippen molar-refractivity contribution in [2.75, 3.05) is 0 Å². The SMILES string of the molecule is C1=C[C@H](c2ccccc2)Cc2ccc(-c3ccccc3)cc21. The lowest BCUT2D eigenvalue weighted by molar-refractivity contribution is 0.827. The number of allylic oxidation sites excluding steroid dienone is 1. The molecule has 0 heteroatoms. The minimum atomic E-state index is 0.497. The van der Waals surface area contributed by atoms with Crippen LogP contribution in [-0.2, 0) is 6.42 Å². The van der Waals surface area contributed by atoms with Gasteiger partial charge in [0.2, 0.25) is 0 Å². The van der Waals surface area contributed by atoms with E-state index in [1.54, 1.807) is 0 Å². The lowest BCUT2D eigenvalue weighted by Crippen LogP contribution is -2.05. The van der Waals surface area contributed by atoms with Crippen LogP contribution in [0, 0.1) is 0 Å². The molecule has 106 valence electrons. The zero-order valence-corrected chi connectivity index (χ0v) is 12.4. The Morgan fingerprint density at radius 1 is 0.682 bits per heavy atom. The summed E-state index contributed by atoms with van der Waals surface area (Å²) in [4.78, 5) is 0. The summed E-state index contributed by atoms with van der Waals surface area (Å²) in [6.45, 7) is 0. The van der Waals surface area contributed by atoms with Gasteiger partial charge in [-0.1, -0.05) is 84.9 Å². The van der Waals surface area contributed by atoms with Crippen LogP contribution in [0.15, 0.2) is 84.9 Å². The molecule has 0 aliphatic heterocycles. The molecular weight excluding hydrogens is 264 g/mol. The van der Waals surface area contributed by atoms with Gasteiger partial charge in [-0.05, 0) is 40.3 Å². The van der Waals surface area contributed by atoms with Gasteiger partial charge in [0.25, 0.3) is 0 Å². The Kier molecular flexibility index (Phi) is 3.36. The highest BCUT2D eigenvalue weighted by Crippen LogP contribution is 2.32. The molecule has 0 fully saturated rings. The van der Waals surface area contributed by atoms with Gasteiger partial charge in [-0.15, -0.1) is 0 Å². The number of benzene rings is 3. The molecule has 22 heavy (non-hydrogen) atoms. The van der Waals surface area contributed by atoms with Crippen LogP contribution in [-0.4, -0.2) is 0 Å². The predicted octanol–water partition coefficient (Wildman–Crippen LogP) is 5.71. The van der Waals surface area contributed by atoms with Crippen LogP contribution in [0.4, 0.5) is 0 Å². The van der Waals surface area contributed by atoms with E-state index in [9.17, 15) is 0 Å². The molecule has 0 saturated heterocycles. The van der Waals surface area contributed by atoms with Gasteiger partial charge in [0, 0.05) is 5.92 Å². The van der Waals surface area contributed by atoms with Gasteiger partial charge >= 0.3 is 0 Å². The van der Waals surface area contributed by atoms with Crippen LogP contribution >= 0.6 is 0 Å². The normalized spacial score (nSPS) is 16.3. The van der Waals surface area contributed by atoms with Crippen LogP contribution in [0.3, 0.4) is 0 Å². The maximum atomic E-state index is 2.34. The van der Waals surface area contributed by atoms with Crippen LogP contribution in [0.25, 0.3) is 17.2 Å². The Labute approximate surface area is 131 Å². The largest absolute Gasteiger partial charge is 0.0761 e. The van der Waals surface area contributed by atoms with Crippen LogP contribution in [0.5, 0.6) is 0 Å². The van der Waals surface area contributed by atoms with Crippen molar-refractivity contribution in [1.29, 1.82) is 0 Å². The van der Waals surface area contributed by atoms with Gasteiger partial charge in [0.1, 0.15) is 0 Å². The van der Waals surface area contributed by atoms with E-state index in [4.69, 9.17) is 0 Å². The monoisotopic (exact) mass is 282 g/mol. The summed E-state index contributed by atoms with van der Waals surface area (Å²) >= 11 is 0. The summed E-state index contributed by atoms with van der Waals surface area (Å²) in [7, 11) is 0. The topological polar surface area (TPSA) is 0 Å². The molecule has 0 heterocycles. The van der Waals surface area contributed by atoms with Crippen molar-refractivity contribution in [3.63, 3.8) is 0 Å². The van der Waals surface area contributed by atoms with E-state index in [0.29, 0.717) is 5.92 Å². The number of hydrogen-bond donors (Lipinski definition) is 0. The predicted molar refractivity (Wildman–Crippen MR) is 93.8 cm³/mol. The molecular formula is C22H18. The Balaban J connectivity index is 1.66. The molecule has 1 aliphatic carbocycles. The number of rotatable bonds is 2. The molecule has 0 bridgehead atoms. The highest BCUT2D eigenvalue weighted by molar-refractivity contribution is 5.70. The molecule has 1 aliphatic rings. The van der Waals surface area contributed by atoms with Gasteiger partial charge in [0.15, 0.2) is 0 Å². The summed E-state index contributed by atoms with van der Waals surface area (Å²) in [5.41, 5.74) is 6.77. The van der Waals surface area contributed by atoms with E-state index in [0.717, 1.165) is 6.42 Å². The fourth-order valence-corrected chi connectivity index (χ4v) is 3.20. The van der Waals surface area contributed by atoms with Crippen molar-refractivity contribution in [2.24, 2.45) is 0 Å². The highest BCUT2D eigenvalue weighted by Gasteiger charge is 2.15. The zero-order chi connectivity index (χ0) is 14.8. The summed E-state index contributed by atoms with van der Waals surface area (Å²) in [5.74, 6) is 0.497. The third-order valence-corrected chi connectivity index (χ3v) is 4.43. The quantitative estimate of drug-likeness (QED) is 0.565. The van der Waals surface area contributed by atoms with Gasteiger partial charge in [0.05, 0.1) is 0 Å². The van der Waals surface area contributed by atoms with Crippen molar-refractivity contribution in [2.45, 2.75) is 12.3 Å². The second-order valence-corrected chi connectivity index (χ2v) is 5.86. The van der Waals surface area contributed by atoms with Gasteiger partial charge in [-0.3, -0.25) is 0 Å². The van der Waals surface area contributed by atoms with Crippen molar-refractivity contribution in [3.05, 3.63) is 102 Å². The first-order valence-corrected chi connectivity index (χ1v) is 7.82. The summed E-state index contributed by atoms with van der Waals surface area (Å²) in [6, 6.07) is 28.2. The van der Waals surface area contributed by atoms with E-state index in [1.165, 1.54) is 27.8 Å². The van der Waals surface area contributed by atoms with E-state index in [-0.39, 0.29) is 0 Å². The Bertz CT molecular complexity index is 798. The minimum Gasteiger partial charge on any atom is -0.0761 e. The third kappa shape index (κ3) is 2.48. The molecule has 0 unspecified atom stereocenters. The average Bonchev–Trinajstić information content (AvgIpc) is 2.62. The van der Waals surface area contributed by atoms with Crippen LogP contribution in [0.1, 0.15) is 22.6 Å². The summed E-state index contributed by atoms with van der Waals surface area (Å²) in [6.07, 6.45) is 5.71. The molecule has 0 saturated carbocycles. The van der Waals surface area contributed by atoms with E-state index >= 15 is 0 Å². The van der Waals surface area contributed by atoms with Gasteiger partial charge in [-0.2, -0.15) is 0 Å². The first-order valence-electron chi connectivity index (χ1n) is 7.82. The molecule has 4 rings (SSSR count). The van der Waals surface area contributed by atoms with E-state index in [1.807, 2.05) is 0 Å². The Morgan fingerprint density at radius 3 is 2.18 bits per heavy atom. The standard InChI is InChI=1S/C22H18/c1-3-7-17(8-4-1)19-11-13-22-16-20(12-14-21(22)15-19)18-9-5-2-6-10-18/h1-15,20H,16H2/t20-/m0/s1. The summed E-state index contributed by atoms with van der Waals surface area (Å²) < 4.78 is 0. The Hall–Kier alpha value is -2.60.